The molecular formula is C22H32Cl2SiZr. The molecule has 0 radical (unpaired) electrons. The molecule has 0 aliphatic heterocycles. The van der Waals surface area contributed by atoms with Crippen molar-refractivity contribution in [1.82, 2.24) is 0 Å². The van der Waals surface area contributed by atoms with E-state index in [9.17, 15) is 0 Å². The van der Waals surface area contributed by atoms with E-state index in [1.807, 2.05) is 3.28 Å². The van der Waals surface area contributed by atoms with Crippen LogP contribution in [0, 0.1) is 23.7 Å². The minimum absolute atomic E-state index is 0. The van der Waals surface area contributed by atoms with Gasteiger partial charge in [-0.1, -0.05) is 0 Å². The molecule has 2 saturated carbocycles. The standard InChI is InChI=1S/C13H17.C7H9.C2H6Si.2ClH.Zr/c1-3-7-12-10(5-1)9-11-6-2-4-8-13(11)12;1-2-7-5-3-4-6-7;1-3-2;;;/h1,3,5,7,9-13H,2,4,6,8H2;3,5H,2,4H2,1H3;1-2H3;2*1H;/q;;;;;+2/p-2. The van der Waals surface area contributed by atoms with Gasteiger partial charge in [-0.05, 0) is 0 Å². The van der Waals surface area contributed by atoms with Crippen molar-refractivity contribution in [2.45, 2.75) is 62.2 Å². The van der Waals surface area contributed by atoms with Crippen LogP contribution in [0.25, 0.3) is 0 Å². The van der Waals surface area contributed by atoms with Gasteiger partial charge in [0.25, 0.3) is 0 Å². The monoisotopic (exact) mass is 484 g/mol. The zero-order valence-corrected chi connectivity index (χ0v) is 21.3. The molecule has 0 amide bonds. The molecule has 4 rings (SSSR count). The van der Waals surface area contributed by atoms with Crippen LogP contribution in [0.15, 0.2) is 45.3 Å². The first kappa shape index (κ1) is 22.9. The summed E-state index contributed by atoms with van der Waals surface area (Å²) in [7, 11) is 0. The Morgan fingerprint density at radius 3 is 2.31 bits per heavy atom. The zero-order chi connectivity index (χ0) is 16.7. The fourth-order valence-corrected chi connectivity index (χ4v) is 28.0. The van der Waals surface area contributed by atoms with E-state index in [-0.39, 0.29) is 30.2 Å². The second kappa shape index (κ2) is 9.91. The van der Waals surface area contributed by atoms with Gasteiger partial charge in [-0.3, -0.25) is 0 Å². The van der Waals surface area contributed by atoms with E-state index in [0.29, 0.717) is 0 Å². The molecule has 0 nitrogen and oxygen atoms in total. The Hall–Kier alpha value is 0.640. The van der Waals surface area contributed by atoms with Crippen LogP contribution in [0.3, 0.4) is 0 Å². The maximum atomic E-state index is 2.67. The van der Waals surface area contributed by atoms with Gasteiger partial charge in [-0.15, -0.1) is 0 Å². The predicted molar refractivity (Wildman–Crippen MR) is 103 cm³/mol. The molecule has 0 N–H and O–H groups in total. The number of hydrogen-bond acceptors (Lipinski definition) is 0. The van der Waals surface area contributed by atoms with E-state index in [2.05, 4.69) is 56.5 Å². The molecule has 0 aromatic rings. The third-order valence-electron chi connectivity index (χ3n) is 7.07. The van der Waals surface area contributed by atoms with Crippen LogP contribution >= 0.6 is 0 Å². The molecule has 0 aromatic heterocycles. The molecule has 142 valence electrons. The maximum Gasteiger partial charge on any atom is -1.00 e. The number of allylic oxidation sites excluding steroid dienone is 8. The molecule has 5 unspecified atom stereocenters. The average molecular weight is 487 g/mol. The summed E-state index contributed by atoms with van der Waals surface area (Å²) in [6.07, 6.45) is 23.6. The molecule has 0 spiro atoms. The van der Waals surface area contributed by atoms with Crippen molar-refractivity contribution in [2.24, 2.45) is 23.7 Å². The van der Waals surface area contributed by atoms with Crippen molar-refractivity contribution in [3.8, 4) is 0 Å². The van der Waals surface area contributed by atoms with Gasteiger partial charge in [0.15, 0.2) is 0 Å². The van der Waals surface area contributed by atoms with Crippen LogP contribution in [0.1, 0.15) is 45.4 Å². The van der Waals surface area contributed by atoms with Crippen LogP contribution in [-0.2, 0) is 20.4 Å². The quantitative estimate of drug-likeness (QED) is 0.509. The number of halogens is 2. The molecular weight excluding hydrogens is 454 g/mol. The minimum Gasteiger partial charge on any atom is -1.00 e. The number of fused-ring (bicyclic) bond motifs is 3. The molecule has 4 aliphatic rings. The van der Waals surface area contributed by atoms with E-state index in [0.717, 1.165) is 27.3 Å². The Morgan fingerprint density at radius 1 is 1.00 bits per heavy atom. The molecule has 4 aliphatic carbocycles. The fraction of sp³-hybridized carbons (Fsp3) is 0.636. The molecule has 5 atom stereocenters. The number of rotatable bonds is 3. The Balaban J connectivity index is 0.00000121. The van der Waals surface area contributed by atoms with Crippen LogP contribution in [-0.4, -0.2) is 5.43 Å². The average Bonchev–Trinajstić information content (AvgIpc) is 3.19. The maximum absolute atomic E-state index is 2.67. The third kappa shape index (κ3) is 4.00. The van der Waals surface area contributed by atoms with Gasteiger partial charge in [0.1, 0.15) is 0 Å². The Labute approximate surface area is 180 Å². The number of hydrogen-bond donors (Lipinski definition) is 0. The summed E-state index contributed by atoms with van der Waals surface area (Å²) in [5.41, 5.74) is 1.63. The van der Waals surface area contributed by atoms with Gasteiger partial charge in [0.2, 0.25) is 0 Å². The third-order valence-corrected chi connectivity index (χ3v) is 26.4. The van der Waals surface area contributed by atoms with E-state index >= 15 is 0 Å². The van der Waals surface area contributed by atoms with Gasteiger partial charge < -0.3 is 24.8 Å². The molecule has 26 heavy (non-hydrogen) atoms. The topological polar surface area (TPSA) is 0 Å². The summed E-state index contributed by atoms with van der Waals surface area (Å²) in [6.45, 7) is 7.73. The summed E-state index contributed by atoms with van der Waals surface area (Å²) < 4.78 is 3.15. The van der Waals surface area contributed by atoms with Gasteiger partial charge >= 0.3 is 157 Å². The van der Waals surface area contributed by atoms with Gasteiger partial charge in [-0.2, -0.15) is 0 Å². The summed E-state index contributed by atoms with van der Waals surface area (Å²) in [6, 6.07) is 0. The predicted octanol–water partition coefficient (Wildman–Crippen LogP) is 0.455. The van der Waals surface area contributed by atoms with E-state index in [1.165, 1.54) is 32.1 Å². The molecule has 0 saturated heterocycles. The normalized spacial score (nSPS) is 33.7. The summed E-state index contributed by atoms with van der Waals surface area (Å²) >= 11 is -1.56. The van der Waals surface area contributed by atoms with Crippen molar-refractivity contribution >= 4 is 5.43 Å². The fourth-order valence-electron chi connectivity index (χ4n) is 6.23. The molecule has 0 heterocycles. The molecule has 0 aromatic carbocycles. The van der Waals surface area contributed by atoms with Crippen LogP contribution in [0.4, 0.5) is 0 Å². The Morgan fingerprint density at radius 2 is 1.65 bits per heavy atom. The largest absolute Gasteiger partial charge is 1.00 e. The molecule has 4 heteroatoms. The minimum atomic E-state index is -1.56. The summed E-state index contributed by atoms with van der Waals surface area (Å²) in [5.74, 6) is 3.89. The summed E-state index contributed by atoms with van der Waals surface area (Å²) in [4.78, 5) is 0. The van der Waals surface area contributed by atoms with Crippen molar-refractivity contribution < 1.29 is 45.2 Å². The SMILES string of the molecule is CCC1=[C]([Zr+2]([CH]2C3C=CC=CC3C3CCCCC32)=[Si](C)C)CC=C1.[Cl-].[Cl-]. The first-order chi connectivity index (χ1) is 11.7. The van der Waals surface area contributed by atoms with Gasteiger partial charge in [0, 0.05) is 0 Å². The first-order valence-electron chi connectivity index (χ1n) is 10.1. The molecule has 0 bridgehead atoms. The van der Waals surface area contributed by atoms with Gasteiger partial charge in [-0.25, -0.2) is 0 Å². The Bertz CT molecular complexity index is 670. The molecule has 2 fully saturated rings. The van der Waals surface area contributed by atoms with E-state index in [1.54, 1.807) is 12.0 Å². The van der Waals surface area contributed by atoms with Crippen LogP contribution < -0.4 is 24.8 Å². The first-order valence-corrected chi connectivity index (χ1v) is 19.0. The van der Waals surface area contributed by atoms with Crippen LogP contribution in [0.2, 0.25) is 16.7 Å². The van der Waals surface area contributed by atoms with Crippen molar-refractivity contribution in [3.63, 3.8) is 0 Å². The van der Waals surface area contributed by atoms with Crippen LogP contribution in [0.5, 0.6) is 0 Å². The van der Waals surface area contributed by atoms with E-state index in [4.69, 9.17) is 0 Å². The zero-order valence-electron chi connectivity index (χ0n) is 16.3. The van der Waals surface area contributed by atoms with E-state index < -0.39 is 20.4 Å². The second-order valence-corrected chi connectivity index (χ2v) is 26.2. The van der Waals surface area contributed by atoms with Gasteiger partial charge in [0.05, 0.1) is 0 Å². The van der Waals surface area contributed by atoms with Crippen molar-refractivity contribution in [1.29, 1.82) is 0 Å². The smallest absolute Gasteiger partial charge is 1.00 e. The van der Waals surface area contributed by atoms with Crippen molar-refractivity contribution in [3.05, 3.63) is 45.3 Å². The Kier molecular flexibility index (Phi) is 8.73. The summed E-state index contributed by atoms with van der Waals surface area (Å²) in [5, 5.41) is 0. The second-order valence-electron chi connectivity index (χ2n) is 8.44. The van der Waals surface area contributed by atoms with Crippen molar-refractivity contribution in [2.75, 3.05) is 0 Å².